The molecule has 0 fully saturated rings. The highest BCUT2D eigenvalue weighted by molar-refractivity contribution is 5.83. The minimum Gasteiger partial charge on any atom is -0.392 e. The maximum atomic E-state index is 12.2. The number of nitrogens with zero attached hydrogens (tertiary/aromatic N) is 1. The fourth-order valence-electron chi connectivity index (χ4n) is 2.53. The quantitative estimate of drug-likeness (QED) is 0.858. The summed E-state index contributed by atoms with van der Waals surface area (Å²) < 4.78 is 5.11. The number of aliphatic hydroxyl groups is 1. The van der Waals surface area contributed by atoms with Crippen LogP contribution in [0.3, 0.4) is 0 Å². The molecule has 2 rings (SSSR count). The predicted molar refractivity (Wildman–Crippen MR) is 83.5 cm³/mol. The minimum atomic E-state index is -0.275. The van der Waals surface area contributed by atoms with Crippen LogP contribution in [0.5, 0.6) is 0 Å². The molecule has 0 radical (unpaired) electrons. The van der Waals surface area contributed by atoms with E-state index in [2.05, 4.69) is 10.5 Å². The molecule has 1 atom stereocenters. The van der Waals surface area contributed by atoms with Gasteiger partial charge in [-0.15, -0.1) is 0 Å². The molecule has 22 heavy (non-hydrogen) atoms. The van der Waals surface area contributed by atoms with Gasteiger partial charge in [-0.05, 0) is 38.3 Å². The molecule has 1 unspecified atom stereocenters. The lowest BCUT2D eigenvalue weighted by molar-refractivity contribution is -0.122. The van der Waals surface area contributed by atoms with E-state index < -0.39 is 0 Å². The van der Waals surface area contributed by atoms with Crippen LogP contribution in [0.25, 0.3) is 0 Å². The highest BCUT2D eigenvalue weighted by atomic mass is 16.5. The molecule has 0 saturated heterocycles. The largest absolute Gasteiger partial charge is 0.392 e. The van der Waals surface area contributed by atoms with Crippen molar-refractivity contribution < 1.29 is 14.4 Å². The van der Waals surface area contributed by atoms with Crippen molar-refractivity contribution in [3.05, 3.63) is 52.4 Å². The Hall–Kier alpha value is -2.14. The van der Waals surface area contributed by atoms with Gasteiger partial charge in [-0.1, -0.05) is 29.4 Å². The molecule has 1 heterocycles. The zero-order valence-corrected chi connectivity index (χ0v) is 13.2. The number of amides is 1. The minimum absolute atomic E-state index is 0.0265. The van der Waals surface area contributed by atoms with Crippen molar-refractivity contribution in [3.8, 4) is 0 Å². The molecular formula is C17H22N2O3. The van der Waals surface area contributed by atoms with Gasteiger partial charge in [0, 0.05) is 12.1 Å². The van der Waals surface area contributed by atoms with Crippen LogP contribution in [0.1, 0.15) is 41.0 Å². The van der Waals surface area contributed by atoms with Gasteiger partial charge in [0.15, 0.2) is 0 Å². The zero-order valence-electron chi connectivity index (χ0n) is 13.2. The molecule has 1 amide bonds. The van der Waals surface area contributed by atoms with E-state index in [1.165, 1.54) is 0 Å². The highest BCUT2D eigenvalue weighted by Crippen LogP contribution is 2.23. The molecule has 0 spiro atoms. The number of nitrogens with one attached hydrogen (secondary N) is 1. The summed E-state index contributed by atoms with van der Waals surface area (Å²) in [6.45, 7) is 6.15. The molecule has 0 aliphatic rings. The molecule has 5 heteroatoms. The van der Waals surface area contributed by atoms with Gasteiger partial charge in [0.05, 0.1) is 18.2 Å². The predicted octanol–water partition coefficient (Wildman–Crippen LogP) is 2.25. The monoisotopic (exact) mass is 302 g/mol. The third-order valence-corrected chi connectivity index (χ3v) is 3.83. The third kappa shape index (κ3) is 3.74. The maximum Gasteiger partial charge on any atom is 0.227 e. The van der Waals surface area contributed by atoms with E-state index in [-0.39, 0.29) is 18.4 Å². The molecule has 2 aromatic rings. The molecule has 5 nitrogen and oxygen atoms in total. The Bertz CT molecular complexity index is 612. The Morgan fingerprint density at radius 3 is 2.45 bits per heavy atom. The number of aryl methyl sites for hydroxylation is 2. The van der Waals surface area contributed by atoms with Crippen molar-refractivity contribution in [1.82, 2.24) is 10.5 Å². The molecule has 0 aliphatic carbocycles. The normalized spacial score (nSPS) is 12.2. The van der Waals surface area contributed by atoms with E-state index in [9.17, 15) is 4.79 Å². The first-order valence-electron chi connectivity index (χ1n) is 7.42. The highest BCUT2D eigenvalue weighted by Gasteiger charge is 2.22. The van der Waals surface area contributed by atoms with Crippen LogP contribution < -0.4 is 5.32 Å². The van der Waals surface area contributed by atoms with Gasteiger partial charge in [0.1, 0.15) is 5.76 Å². The van der Waals surface area contributed by atoms with Crippen LogP contribution in [-0.2, 0) is 17.8 Å². The number of carbonyl (C=O) groups is 1. The lowest BCUT2D eigenvalue weighted by Gasteiger charge is -2.12. The standard InChI is InChI=1S/C17H22N2O3/c1-11(16-12(2)19-22-13(16)3)17(21)18-9-8-14-4-6-15(10-20)7-5-14/h4-7,11,20H,8-10H2,1-3H3,(H,18,21). The second-order valence-electron chi connectivity index (χ2n) is 5.48. The van der Waals surface area contributed by atoms with Crippen LogP contribution in [0, 0.1) is 13.8 Å². The smallest absolute Gasteiger partial charge is 0.227 e. The van der Waals surface area contributed by atoms with Gasteiger partial charge in [0.2, 0.25) is 5.91 Å². The Balaban J connectivity index is 1.87. The average molecular weight is 302 g/mol. The Kier molecular flexibility index (Phi) is 5.33. The maximum absolute atomic E-state index is 12.2. The van der Waals surface area contributed by atoms with Crippen molar-refractivity contribution in [1.29, 1.82) is 0 Å². The fourth-order valence-corrected chi connectivity index (χ4v) is 2.53. The summed E-state index contributed by atoms with van der Waals surface area (Å²) in [6.07, 6.45) is 0.756. The first kappa shape index (κ1) is 16.2. The Morgan fingerprint density at radius 2 is 1.91 bits per heavy atom. The van der Waals surface area contributed by atoms with Crippen LogP contribution in [0.2, 0.25) is 0 Å². The molecule has 1 aromatic heterocycles. The van der Waals surface area contributed by atoms with Crippen molar-refractivity contribution >= 4 is 5.91 Å². The summed E-state index contributed by atoms with van der Waals surface area (Å²) in [5.74, 6) is 0.393. The lowest BCUT2D eigenvalue weighted by atomic mass is 9.98. The number of aromatic nitrogens is 1. The Morgan fingerprint density at radius 1 is 1.27 bits per heavy atom. The Labute approximate surface area is 130 Å². The van der Waals surface area contributed by atoms with Crippen LogP contribution in [-0.4, -0.2) is 22.7 Å². The summed E-state index contributed by atoms with van der Waals surface area (Å²) in [5, 5.41) is 15.8. The third-order valence-electron chi connectivity index (χ3n) is 3.83. The summed E-state index contributed by atoms with van der Waals surface area (Å²) in [5.41, 5.74) is 3.65. The number of aliphatic hydroxyl groups excluding tert-OH is 1. The van der Waals surface area contributed by atoms with Gasteiger partial charge < -0.3 is 14.9 Å². The first-order chi connectivity index (χ1) is 10.5. The van der Waals surface area contributed by atoms with Crippen molar-refractivity contribution in [3.63, 3.8) is 0 Å². The van der Waals surface area contributed by atoms with Gasteiger partial charge in [-0.2, -0.15) is 0 Å². The average Bonchev–Trinajstić information content (AvgIpc) is 2.86. The molecule has 0 bridgehead atoms. The van der Waals surface area contributed by atoms with E-state index in [0.29, 0.717) is 12.3 Å². The summed E-state index contributed by atoms with van der Waals surface area (Å²) >= 11 is 0. The molecule has 118 valence electrons. The molecule has 1 aromatic carbocycles. The summed E-state index contributed by atoms with van der Waals surface area (Å²) in [6, 6.07) is 7.72. The van der Waals surface area contributed by atoms with Gasteiger partial charge >= 0.3 is 0 Å². The lowest BCUT2D eigenvalue weighted by Crippen LogP contribution is -2.30. The summed E-state index contributed by atoms with van der Waals surface area (Å²) in [7, 11) is 0. The van der Waals surface area contributed by atoms with Crippen LogP contribution in [0.15, 0.2) is 28.8 Å². The number of hydrogen-bond donors (Lipinski definition) is 2. The molecule has 0 saturated carbocycles. The van der Waals surface area contributed by atoms with Crippen molar-refractivity contribution in [2.75, 3.05) is 6.54 Å². The number of carbonyl (C=O) groups excluding carboxylic acids is 1. The van der Waals surface area contributed by atoms with E-state index >= 15 is 0 Å². The van der Waals surface area contributed by atoms with Crippen LogP contribution >= 0.6 is 0 Å². The first-order valence-corrected chi connectivity index (χ1v) is 7.42. The van der Waals surface area contributed by atoms with E-state index in [4.69, 9.17) is 9.63 Å². The zero-order chi connectivity index (χ0) is 16.1. The van der Waals surface area contributed by atoms with Gasteiger partial charge in [0.25, 0.3) is 0 Å². The van der Waals surface area contributed by atoms with Crippen LogP contribution in [0.4, 0.5) is 0 Å². The van der Waals surface area contributed by atoms with E-state index in [0.717, 1.165) is 28.8 Å². The second-order valence-corrected chi connectivity index (χ2v) is 5.48. The number of hydrogen-bond acceptors (Lipinski definition) is 4. The number of rotatable bonds is 6. The molecule has 0 aliphatic heterocycles. The molecule has 2 N–H and O–H groups in total. The van der Waals surface area contributed by atoms with Gasteiger partial charge in [-0.25, -0.2) is 0 Å². The fraction of sp³-hybridized carbons (Fsp3) is 0.412. The van der Waals surface area contributed by atoms with Gasteiger partial charge in [-0.3, -0.25) is 4.79 Å². The molecular weight excluding hydrogens is 280 g/mol. The van der Waals surface area contributed by atoms with E-state index in [1.807, 2.05) is 45.0 Å². The topological polar surface area (TPSA) is 75.4 Å². The summed E-state index contributed by atoms with van der Waals surface area (Å²) in [4.78, 5) is 12.2. The van der Waals surface area contributed by atoms with Crippen molar-refractivity contribution in [2.45, 2.75) is 39.7 Å². The SMILES string of the molecule is Cc1noc(C)c1C(C)C(=O)NCCc1ccc(CO)cc1. The van der Waals surface area contributed by atoms with Crippen molar-refractivity contribution in [2.24, 2.45) is 0 Å². The number of benzene rings is 1. The van der Waals surface area contributed by atoms with E-state index in [1.54, 1.807) is 0 Å². The second kappa shape index (κ2) is 7.22.